The summed E-state index contributed by atoms with van der Waals surface area (Å²) in [6.07, 6.45) is 22.4. The van der Waals surface area contributed by atoms with E-state index in [-0.39, 0.29) is 0 Å². The molecule has 4 nitrogen and oxygen atoms in total. The van der Waals surface area contributed by atoms with Crippen molar-refractivity contribution in [3.05, 3.63) is 59.7 Å². The van der Waals surface area contributed by atoms with E-state index in [0.717, 1.165) is 36.1 Å². The average Bonchev–Trinajstić information content (AvgIpc) is 3.12. The molecule has 0 heterocycles. The molecular weight excluding hydrogens is 669 g/mol. The van der Waals surface area contributed by atoms with E-state index < -0.39 is 0 Å². The molecule has 0 spiro atoms. The zero-order valence-electron chi connectivity index (χ0n) is 31.0. The third kappa shape index (κ3) is 29.1. The van der Waals surface area contributed by atoms with Crippen LogP contribution in [0.3, 0.4) is 0 Å². The van der Waals surface area contributed by atoms with E-state index in [9.17, 15) is 0 Å². The van der Waals surface area contributed by atoms with Gasteiger partial charge in [-0.2, -0.15) is 0 Å². The van der Waals surface area contributed by atoms with Gasteiger partial charge in [0.05, 0.1) is 14.2 Å². The summed E-state index contributed by atoms with van der Waals surface area (Å²) < 4.78 is 10.4. The van der Waals surface area contributed by atoms with Gasteiger partial charge in [-0.1, -0.05) is 171 Å². The van der Waals surface area contributed by atoms with Gasteiger partial charge in [0, 0.05) is 36.1 Å². The molecule has 0 radical (unpaired) electrons. The van der Waals surface area contributed by atoms with Crippen molar-refractivity contribution in [2.24, 2.45) is 0 Å². The molecule has 0 unspecified atom stereocenters. The number of nitrogens with one attached hydrogen (secondary N) is 2. The Kier molecular flexibility index (Phi) is 34.2. The van der Waals surface area contributed by atoms with Crippen LogP contribution >= 0.6 is 43.2 Å². The van der Waals surface area contributed by atoms with E-state index >= 15 is 0 Å². The lowest BCUT2D eigenvalue weighted by Gasteiger charge is -2.05. The number of hydrogen-bond donors (Lipinski definition) is 2. The van der Waals surface area contributed by atoms with Gasteiger partial charge >= 0.3 is 0 Å². The van der Waals surface area contributed by atoms with Crippen molar-refractivity contribution in [3.63, 3.8) is 0 Å². The van der Waals surface area contributed by atoms with E-state index in [1.54, 1.807) is 14.2 Å². The molecule has 0 aromatic heterocycles. The fraction of sp³-hybridized carbons (Fsp3) is 0.700. The van der Waals surface area contributed by atoms with Crippen LogP contribution in [0.2, 0.25) is 0 Å². The molecule has 2 aromatic rings. The number of benzene rings is 2. The molecule has 0 aliphatic carbocycles. The van der Waals surface area contributed by atoms with Gasteiger partial charge in [0.25, 0.3) is 0 Å². The molecule has 276 valence electrons. The molecule has 0 atom stereocenters. The van der Waals surface area contributed by atoms with Crippen LogP contribution in [0.25, 0.3) is 0 Å². The Labute approximate surface area is 312 Å². The van der Waals surface area contributed by atoms with Crippen molar-refractivity contribution in [2.45, 2.75) is 128 Å². The van der Waals surface area contributed by atoms with Crippen molar-refractivity contribution in [2.75, 3.05) is 51.9 Å². The first kappa shape index (κ1) is 45.4. The third-order valence-corrected chi connectivity index (χ3v) is 12.8. The molecule has 0 amide bonds. The van der Waals surface area contributed by atoms with Crippen molar-refractivity contribution < 1.29 is 9.47 Å². The molecule has 48 heavy (non-hydrogen) atoms. The summed E-state index contributed by atoms with van der Waals surface area (Å²) >= 11 is 0. The second-order valence-electron chi connectivity index (χ2n) is 12.3. The first-order valence-electron chi connectivity index (χ1n) is 18.9. The highest BCUT2D eigenvalue weighted by molar-refractivity contribution is 8.76. The third-order valence-electron chi connectivity index (χ3n) is 8.07. The number of unbranched alkanes of at least 4 members (excludes halogenated alkanes) is 14. The highest BCUT2D eigenvalue weighted by atomic mass is 33.1. The van der Waals surface area contributed by atoms with Crippen molar-refractivity contribution in [1.82, 2.24) is 10.6 Å². The lowest BCUT2D eigenvalue weighted by atomic mass is 10.1. The molecule has 0 aliphatic rings. The standard InChI is InChI=1S/2C20H35NOS2/c2*1-3-4-5-6-7-8-9-10-15-21-16-17-23-24-18-19-11-13-20(22-2)14-12-19/h2*11-14,21H,3-10,15-18H2,1-2H3. The summed E-state index contributed by atoms with van der Waals surface area (Å²) in [4.78, 5) is 0. The summed E-state index contributed by atoms with van der Waals surface area (Å²) in [5, 5.41) is 7.12. The van der Waals surface area contributed by atoms with Crippen LogP contribution in [-0.2, 0) is 11.5 Å². The molecule has 0 saturated carbocycles. The Morgan fingerprint density at radius 2 is 0.750 bits per heavy atom. The van der Waals surface area contributed by atoms with Gasteiger partial charge in [0.2, 0.25) is 0 Å². The second kappa shape index (κ2) is 36.2. The first-order valence-corrected chi connectivity index (χ1v) is 23.9. The largest absolute Gasteiger partial charge is 0.497 e. The van der Waals surface area contributed by atoms with E-state index in [1.807, 2.05) is 67.4 Å². The Hall–Kier alpha value is -0.640. The summed E-state index contributed by atoms with van der Waals surface area (Å²) in [5.41, 5.74) is 2.72. The minimum Gasteiger partial charge on any atom is -0.497 e. The highest BCUT2D eigenvalue weighted by Gasteiger charge is 1.98. The van der Waals surface area contributed by atoms with Gasteiger partial charge in [0.15, 0.2) is 0 Å². The normalized spacial score (nSPS) is 10.9. The molecule has 0 aliphatic heterocycles. The monoisotopic (exact) mass is 738 g/mol. The van der Waals surface area contributed by atoms with Gasteiger partial charge in [-0.3, -0.25) is 0 Å². The van der Waals surface area contributed by atoms with Crippen LogP contribution in [0.15, 0.2) is 48.5 Å². The summed E-state index contributed by atoms with van der Waals surface area (Å²) in [7, 11) is 11.2. The maximum Gasteiger partial charge on any atom is 0.118 e. The molecule has 2 N–H and O–H groups in total. The van der Waals surface area contributed by atoms with Crippen molar-refractivity contribution >= 4 is 43.2 Å². The zero-order valence-corrected chi connectivity index (χ0v) is 34.3. The quantitative estimate of drug-likeness (QED) is 0.0568. The molecule has 0 saturated heterocycles. The van der Waals surface area contributed by atoms with Crippen LogP contribution in [-0.4, -0.2) is 51.9 Å². The van der Waals surface area contributed by atoms with Gasteiger partial charge in [-0.15, -0.1) is 0 Å². The Morgan fingerprint density at radius 3 is 1.08 bits per heavy atom. The first-order chi connectivity index (χ1) is 23.7. The van der Waals surface area contributed by atoms with Crippen molar-refractivity contribution in [1.29, 1.82) is 0 Å². The Balaban J connectivity index is 0.000000480. The van der Waals surface area contributed by atoms with Gasteiger partial charge in [-0.25, -0.2) is 0 Å². The number of ether oxygens (including phenoxy) is 2. The van der Waals surface area contributed by atoms with Crippen LogP contribution in [0.5, 0.6) is 11.5 Å². The predicted octanol–water partition coefficient (Wildman–Crippen LogP) is 12.6. The van der Waals surface area contributed by atoms with Gasteiger partial charge in [-0.05, 0) is 61.3 Å². The molecule has 0 bridgehead atoms. The van der Waals surface area contributed by atoms with E-state index in [0.29, 0.717) is 0 Å². The number of rotatable bonds is 32. The fourth-order valence-corrected chi connectivity index (χ4v) is 9.06. The number of methoxy groups -OCH3 is 2. The lowest BCUT2D eigenvalue weighted by molar-refractivity contribution is 0.414. The molecule has 2 aromatic carbocycles. The van der Waals surface area contributed by atoms with Crippen molar-refractivity contribution in [3.8, 4) is 11.5 Å². The predicted molar refractivity (Wildman–Crippen MR) is 224 cm³/mol. The van der Waals surface area contributed by atoms with Crippen LogP contribution in [0, 0.1) is 0 Å². The zero-order chi connectivity index (χ0) is 34.6. The van der Waals surface area contributed by atoms with Gasteiger partial charge < -0.3 is 20.1 Å². The highest BCUT2D eigenvalue weighted by Crippen LogP contribution is 2.27. The minimum atomic E-state index is 0.932. The minimum absolute atomic E-state index is 0.932. The molecule has 2 rings (SSSR count). The van der Waals surface area contributed by atoms with E-state index in [1.165, 1.54) is 138 Å². The molecular formula is C40H70N2O2S4. The molecule has 0 fully saturated rings. The summed E-state index contributed by atoms with van der Waals surface area (Å²) in [5.74, 6) is 6.35. The fourth-order valence-electron chi connectivity index (χ4n) is 5.03. The second-order valence-corrected chi connectivity index (χ2v) is 17.5. The SMILES string of the molecule is CCCCCCCCCCNCCSSCc1ccc(OC)cc1.CCCCCCCCCCNCCSSCc1ccc(OC)cc1. The maximum absolute atomic E-state index is 5.18. The Morgan fingerprint density at radius 1 is 0.417 bits per heavy atom. The van der Waals surface area contributed by atoms with Crippen LogP contribution < -0.4 is 20.1 Å². The molecule has 8 heteroatoms. The smallest absolute Gasteiger partial charge is 0.118 e. The van der Waals surface area contributed by atoms with Crippen LogP contribution in [0.4, 0.5) is 0 Å². The average molecular weight is 739 g/mol. The lowest BCUT2D eigenvalue weighted by Crippen LogP contribution is -2.18. The van der Waals surface area contributed by atoms with Gasteiger partial charge in [0.1, 0.15) is 11.5 Å². The topological polar surface area (TPSA) is 42.5 Å². The summed E-state index contributed by atoms with van der Waals surface area (Å²) in [6, 6.07) is 16.7. The van der Waals surface area contributed by atoms with E-state index in [2.05, 4.69) is 48.7 Å². The Bertz CT molecular complexity index is 843. The van der Waals surface area contributed by atoms with E-state index in [4.69, 9.17) is 9.47 Å². The van der Waals surface area contributed by atoms with Crippen LogP contribution in [0.1, 0.15) is 128 Å². The maximum atomic E-state index is 5.18. The summed E-state index contributed by atoms with van der Waals surface area (Å²) in [6.45, 7) is 9.16. The number of hydrogen-bond acceptors (Lipinski definition) is 8.